The normalized spacial score (nSPS) is 19.8. The average molecular weight is 247 g/mol. The van der Waals surface area contributed by atoms with Crippen molar-refractivity contribution in [1.82, 2.24) is 4.90 Å². The molecule has 2 rings (SSSR count). The maximum Gasteiger partial charge on any atom is 0.325 e. The highest BCUT2D eigenvalue weighted by Gasteiger charge is 2.35. The van der Waals surface area contributed by atoms with Crippen molar-refractivity contribution >= 4 is 5.97 Å². The molecule has 1 aliphatic heterocycles. The summed E-state index contributed by atoms with van der Waals surface area (Å²) in [6.45, 7) is 5.11. The van der Waals surface area contributed by atoms with Gasteiger partial charge in [-0.25, -0.2) is 0 Å². The van der Waals surface area contributed by atoms with Crippen molar-refractivity contribution in [2.24, 2.45) is 0 Å². The number of carboxylic acids is 1. The number of carboxylic acid groups (broad SMARTS) is 1. The van der Waals surface area contributed by atoms with Gasteiger partial charge in [-0.2, -0.15) is 0 Å². The Morgan fingerprint density at radius 2 is 2.06 bits per heavy atom. The Bertz CT molecular complexity index is 426. The smallest absolute Gasteiger partial charge is 0.325 e. The lowest BCUT2D eigenvalue weighted by atomic mass is 9.90. The fourth-order valence-electron chi connectivity index (χ4n) is 3.01. The van der Waals surface area contributed by atoms with Crippen LogP contribution in [0, 0.1) is 0 Å². The van der Waals surface area contributed by atoms with Crippen molar-refractivity contribution in [3.63, 3.8) is 0 Å². The number of hydrogen-bond acceptors (Lipinski definition) is 2. The van der Waals surface area contributed by atoms with Crippen LogP contribution in [0.1, 0.15) is 43.9 Å². The second-order valence-electron chi connectivity index (χ2n) is 4.90. The molecule has 1 unspecified atom stereocenters. The van der Waals surface area contributed by atoms with E-state index in [9.17, 15) is 9.90 Å². The van der Waals surface area contributed by atoms with E-state index < -0.39 is 12.0 Å². The third-order valence-corrected chi connectivity index (χ3v) is 3.97. The predicted octanol–water partition coefficient (Wildman–Crippen LogP) is 2.86. The Morgan fingerprint density at radius 3 is 2.67 bits per heavy atom. The van der Waals surface area contributed by atoms with E-state index in [1.54, 1.807) is 0 Å². The molecule has 3 nitrogen and oxygen atoms in total. The quantitative estimate of drug-likeness (QED) is 0.889. The first kappa shape index (κ1) is 13.1. The van der Waals surface area contributed by atoms with E-state index in [1.807, 2.05) is 18.2 Å². The van der Waals surface area contributed by atoms with E-state index in [4.69, 9.17) is 0 Å². The summed E-state index contributed by atoms with van der Waals surface area (Å²) in [7, 11) is 0. The molecule has 1 aliphatic rings. The lowest BCUT2D eigenvalue weighted by molar-refractivity contribution is -0.145. The summed E-state index contributed by atoms with van der Waals surface area (Å²) in [6.07, 6.45) is 2.96. The second-order valence-corrected chi connectivity index (χ2v) is 4.90. The molecule has 1 aromatic rings. The molecule has 0 saturated carbocycles. The first-order chi connectivity index (χ1) is 8.69. The first-order valence-corrected chi connectivity index (χ1v) is 6.75. The maximum absolute atomic E-state index is 11.6. The van der Waals surface area contributed by atoms with Crippen LogP contribution in [-0.2, 0) is 11.2 Å². The van der Waals surface area contributed by atoms with Crippen LogP contribution in [0.25, 0.3) is 0 Å². The molecule has 0 saturated heterocycles. The minimum absolute atomic E-state index is 0.361. The van der Waals surface area contributed by atoms with Crippen LogP contribution >= 0.6 is 0 Å². The molecule has 0 fully saturated rings. The van der Waals surface area contributed by atoms with Gasteiger partial charge in [-0.15, -0.1) is 0 Å². The zero-order valence-electron chi connectivity index (χ0n) is 11.1. The van der Waals surface area contributed by atoms with Crippen molar-refractivity contribution < 1.29 is 9.90 Å². The average Bonchev–Trinajstić information content (AvgIpc) is 2.39. The Hall–Kier alpha value is -1.35. The summed E-state index contributed by atoms with van der Waals surface area (Å²) in [4.78, 5) is 13.8. The first-order valence-electron chi connectivity index (χ1n) is 6.75. The van der Waals surface area contributed by atoms with Gasteiger partial charge in [0.05, 0.1) is 0 Å². The minimum atomic E-state index is -0.728. The number of benzene rings is 1. The van der Waals surface area contributed by atoms with Gasteiger partial charge in [0.1, 0.15) is 6.04 Å². The van der Waals surface area contributed by atoms with Crippen molar-refractivity contribution in [2.75, 3.05) is 6.54 Å². The fourth-order valence-corrected chi connectivity index (χ4v) is 3.01. The zero-order valence-corrected chi connectivity index (χ0v) is 11.1. The van der Waals surface area contributed by atoms with Crippen LogP contribution in [0.3, 0.4) is 0 Å². The Kier molecular flexibility index (Phi) is 4.02. The molecule has 0 radical (unpaired) electrons. The third kappa shape index (κ3) is 2.27. The molecule has 0 bridgehead atoms. The number of hydrogen-bond donors (Lipinski definition) is 1. The van der Waals surface area contributed by atoms with Crippen LogP contribution in [0.2, 0.25) is 0 Å². The van der Waals surface area contributed by atoms with Crippen LogP contribution in [-0.4, -0.2) is 28.6 Å². The van der Waals surface area contributed by atoms with Crippen molar-refractivity contribution in [3.05, 3.63) is 35.4 Å². The Morgan fingerprint density at radius 1 is 1.39 bits per heavy atom. The van der Waals surface area contributed by atoms with E-state index in [0.717, 1.165) is 31.4 Å². The summed E-state index contributed by atoms with van der Waals surface area (Å²) in [5.41, 5.74) is 2.16. The summed E-state index contributed by atoms with van der Waals surface area (Å²) < 4.78 is 0. The molecular formula is C15H21NO2. The number of aliphatic carboxylic acids is 1. The molecule has 1 aromatic carbocycles. The van der Waals surface area contributed by atoms with Crippen LogP contribution < -0.4 is 0 Å². The SMILES string of the molecule is CCC(CC)N1CCc2ccccc2C1C(=O)O. The molecule has 0 amide bonds. The molecule has 0 aliphatic carbocycles. The highest BCUT2D eigenvalue weighted by molar-refractivity contribution is 5.76. The van der Waals surface area contributed by atoms with E-state index in [-0.39, 0.29) is 0 Å². The molecular weight excluding hydrogens is 226 g/mol. The summed E-state index contributed by atoms with van der Waals surface area (Å²) in [5, 5.41) is 9.55. The highest BCUT2D eigenvalue weighted by atomic mass is 16.4. The molecule has 18 heavy (non-hydrogen) atoms. The summed E-state index contributed by atoms with van der Waals surface area (Å²) in [6, 6.07) is 7.83. The molecule has 1 atom stereocenters. The molecule has 3 heteroatoms. The highest BCUT2D eigenvalue weighted by Crippen LogP contribution is 2.32. The standard InChI is InChI=1S/C15H21NO2/c1-3-12(4-2)16-10-9-11-7-5-6-8-13(11)14(16)15(17)18/h5-8,12,14H,3-4,9-10H2,1-2H3,(H,17,18). The lowest BCUT2D eigenvalue weighted by Crippen LogP contribution is -2.45. The van der Waals surface area contributed by atoms with Gasteiger partial charge in [-0.1, -0.05) is 38.1 Å². The predicted molar refractivity (Wildman–Crippen MR) is 71.6 cm³/mol. The van der Waals surface area contributed by atoms with E-state index in [0.29, 0.717) is 6.04 Å². The van der Waals surface area contributed by atoms with Gasteiger partial charge in [0, 0.05) is 12.6 Å². The number of nitrogens with zero attached hydrogens (tertiary/aromatic N) is 1. The van der Waals surface area contributed by atoms with Gasteiger partial charge in [0.25, 0.3) is 0 Å². The van der Waals surface area contributed by atoms with Gasteiger partial charge in [0.2, 0.25) is 0 Å². The monoisotopic (exact) mass is 247 g/mol. The van der Waals surface area contributed by atoms with Gasteiger partial charge in [-0.3, -0.25) is 9.69 Å². The number of carbonyl (C=O) groups is 1. The number of fused-ring (bicyclic) bond motifs is 1. The van der Waals surface area contributed by atoms with E-state index >= 15 is 0 Å². The van der Waals surface area contributed by atoms with Gasteiger partial charge >= 0.3 is 5.97 Å². The van der Waals surface area contributed by atoms with Gasteiger partial charge in [0.15, 0.2) is 0 Å². The topological polar surface area (TPSA) is 40.5 Å². The van der Waals surface area contributed by atoms with Crippen molar-refractivity contribution in [1.29, 1.82) is 0 Å². The Balaban J connectivity index is 2.38. The van der Waals surface area contributed by atoms with E-state index in [2.05, 4.69) is 24.8 Å². The largest absolute Gasteiger partial charge is 0.480 e. The molecule has 98 valence electrons. The third-order valence-electron chi connectivity index (χ3n) is 3.97. The Labute approximate surface area is 108 Å². The van der Waals surface area contributed by atoms with Gasteiger partial charge in [-0.05, 0) is 30.4 Å². The van der Waals surface area contributed by atoms with Gasteiger partial charge < -0.3 is 5.11 Å². The van der Waals surface area contributed by atoms with Crippen LogP contribution in [0.4, 0.5) is 0 Å². The van der Waals surface area contributed by atoms with Crippen molar-refractivity contribution in [3.8, 4) is 0 Å². The maximum atomic E-state index is 11.6. The minimum Gasteiger partial charge on any atom is -0.480 e. The lowest BCUT2D eigenvalue weighted by Gasteiger charge is -2.39. The molecule has 1 heterocycles. The van der Waals surface area contributed by atoms with Crippen LogP contribution in [0.15, 0.2) is 24.3 Å². The molecule has 0 aromatic heterocycles. The zero-order chi connectivity index (χ0) is 13.1. The van der Waals surface area contributed by atoms with Crippen LogP contribution in [0.5, 0.6) is 0 Å². The van der Waals surface area contributed by atoms with Crippen molar-refractivity contribution in [2.45, 2.75) is 45.2 Å². The molecule has 1 N–H and O–H groups in total. The van der Waals surface area contributed by atoms with E-state index in [1.165, 1.54) is 5.56 Å². The second kappa shape index (κ2) is 5.53. The number of rotatable bonds is 4. The molecule has 0 spiro atoms. The fraction of sp³-hybridized carbons (Fsp3) is 0.533. The summed E-state index contributed by atoms with van der Waals surface area (Å²) >= 11 is 0. The summed E-state index contributed by atoms with van der Waals surface area (Å²) in [5.74, 6) is -0.728.